The summed E-state index contributed by atoms with van der Waals surface area (Å²) in [5.74, 6) is 0.520. The Morgan fingerprint density at radius 1 is 1.14 bits per heavy atom. The van der Waals surface area contributed by atoms with E-state index in [9.17, 15) is 8.42 Å². The number of fused-ring (bicyclic) bond motifs is 1. The SMILES string of the molecule is Nc1cc(S(=O)(=O)N2CCC[C@H]3CCCC[C@H]32)ccc1Cl. The molecule has 1 aromatic carbocycles. The van der Waals surface area contributed by atoms with Crippen LogP contribution >= 0.6 is 11.6 Å². The van der Waals surface area contributed by atoms with Crippen LogP contribution in [0.2, 0.25) is 5.02 Å². The Bertz CT molecular complexity index is 631. The third-order valence-electron chi connectivity index (χ3n) is 4.77. The van der Waals surface area contributed by atoms with E-state index >= 15 is 0 Å². The average Bonchev–Trinajstić information content (AvgIpc) is 2.49. The molecule has 21 heavy (non-hydrogen) atoms. The maximum Gasteiger partial charge on any atom is 0.243 e. The van der Waals surface area contributed by atoms with Crippen LogP contribution < -0.4 is 5.73 Å². The molecule has 4 nitrogen and oxygen atoms in total. The molecule has 0 radical (unpaired) electrons. The third-order valence-corrected chi connectivity index (χ3v) is 7.03. The first-order chi connectivity index (χ1) is 10.00. The third kappa shape index (κ3) is 2.79. The summed E-state index contributed by atoms with van der Waals surface area (Å²) in [5.41, 5.74) is 6.08. The molecule has 1 aromatic rings. The van der Waals surface area contributed by atoms with Crippen LogP contribution in [0.25, 0.3) is 0 Å². The Balaban J connectivity index is 1.94. The second-order valence-corrected chi connectivity index (χ2v) is 8.35. The highest BCUT2D eigenvalue weighted by Crippen LogP contribution is 2.38. The van der Waals surface area contributed by atoms with Crippen molar-refractivity contribution < 1.29 is 8.42 Å². The summed E-state index contributed by atoms with van der Waals surface area (Å²) < 4.78 is 27.6. The Hall–Kier alpha value is -0.780. The number of sulfonamides is 1. The van der Waals surface area contributed by atoms with Crippen LogP contribution in [0.4, 0.5) is 5.69 Å². The Kier molecular flexibility index (Phi) is 4.17. The molecule has 6 heteroatoms. The fraction of sp³-hybridized carbons (Fsp3) is 0.600. The zero-order valence-electron chi connectivity index (χ0n) is 12.0. The lowest BCUT2D eigenvalue weighted by molar-refractivity contribution is 0.129. The Labute approximate surface area is 131 Å². The minimum absolute atomic E-state index is 0.161. The lowest BCUT2D eigenvalue weighted by Gasteiger charge is -2.43. The number of nitrogens with zero attached hydrogens (tertiary/aromatic N) is 1. The van der Waals surface area contributed by atoms with Gasteiger partial charge in [0.2, 0.25) is 10.0 Å². The Morgan fingerprint density at radius 2 is 1.86 bits per heavy atom. The molecule has 2 atom stereocenters. The number of piperidine rings is 1. The monoisotopic (exact) mass is 328 g/mol. The van der Waals surface area contributed by atoms with Gasteiger partial charge in [-0.15, -0.1) is 0 Å². The van der Waals surface area contributed by atoms with Crippen LogP contribution in [0.1, 0.15) is 38.5 Å². The zero-order valence-corrected chi connectivity index (χ0v) is 13.5. The van der Waals surface area contributed by atoms with Gasteiger partial charge < -0.3 is 5.73 Å². The second-order valence-electron chi connectivity index (χ2n) is 6.05. The molecule has 2 fully saturated rings. The van der Waals surface area contributed by atoms with Gasteiger partial charge in [-0.3, -0.25) is 0 Å². The van der Waals surface area contributed by atoms with E-state index in [1.165, 1.54) is 12.5 Å². The van der Waals surface area contributed by atoms with Crippen molar-refractivity contribution in [1.29, 1.82) is 0 Å². The van der Waals surface area contributed by atoms with Crippen molar-refractivity contribution in [3.63, 3.8) is 0 Å². The topological polar surface area (TPSA) is 63.4 Å². The molecule has 2 aliphatic rings. The average molecular weight is 329 g/mol. The highest BCUT2D eigenvalue weighted by atomic mass is 35.5. The van der Waals surface area contributed by atoms with E-state index in [1.807, 2.05) is 0 Å². The van der Waals surface area contributed by atoms with Gasteiger partial charge in [-0.1, -0.05) is 24.4 Å². The van der Waals surface area contributed by atoms with Crippen LogP contribution in [0, 0.1) is 5.92 Å². The normalized spacial score (nSPS) is 27.3. The van der Waals surface area contributed by atoms with Gasteiger partial charge in [0, 0.05) is 12.6 Å². The highest BCUT2D eigenvalue weighted by Gasteiger charge is 2.39. The van der Waals surface area contributed by atoms with Gasteiger partial charge in [-0.05, 0) is 49.8 Å². The fourth-order valence-electron chi connectivity index (χ4n) is 3.70. The maximum absolute atomic E-state index is 12.9. The number of rotatable bonds is 2. The van der Waals surface area contributed by atoms with Crippen molar-refractivity contribution in [3.8, 4) is 0 Å². The van der Waals surface area contributed by atoms with Crippen molar-refractivity contribution in [2.24, 2.45) is 5.92 Å². The summed E-state index contributed by atoms with van der Waals surface area (Å²) in [4.78, 5) is 0.260. The lowest BCUT2D eigenvalue weighted by atomic mass is 9.79. The van der Waals surface area contributed by atoms with Crippen LogP contribution in [-0.2, 0) is 10.0 Å². The van der Waals surface area contributed by atoms with Gasteiger partial charge in [0.1, 0.15) is 0 Å². The molecule has 116 valence electrons. The van der Waals surface area contributed by atoms with Crippen molar-refractivity contribution in [1.82, 2.24) is 4.31 Å². The second kappa shape index (κ2) is 5.78. The predicted molar refractivity (Wildman–Crippen MR) is 84.7 cm³/mol. The summed E-state index contributed by atoms with van der Waals surface area (Å²) in [6.07, 6.45) is 6.58. The first kappa shape index (κ1) is 15.1. The molecule has 0 bridgehead atoms. The summed E-state index contributed by atoms with van der Waals surface area (Å²) in [6, 6.07) is 4.76. The number of halogens is 1. The highest BCUT2D eigenvalue weighted by molar-refractivity contribution is 7.89. The number of hydrogen-bond donors (Lipinski definition) is 1. The number of nitrogen functional groups attached to an aromatic ring is 1. The molecule has 1 aliphatic carbocycles. The molecule has 1 heterocycles. The zero-order chi connectivity index (χ0) is 15.0. The number of benzene rings is 1. The van der Waals surface area contributed by atoms with Crippen LogP contribution in [0.5, 0.6) is 0 Å². The van der Waals surface area contributed by atoms with E-state index in [-0.39, 0.29) is 10.9 Å². The van der Waals surface area contributed by atoms with Crippen molar-refractivity contribution in [2.45, 2.75) is 49.5 Å². The van der Waals surface area contributed by atoms with Crippen molar-refractivity contribution in [2.75, 3.05) is 12.3 Å². The van der Waals surface area contributed by atoms with Gasteiger partial charge >= 0.3 is 0 Å². The minimum Gasteiger partial charge on any atom is -0.397 e. The van der Waals surface area contributed by atoms with E-state index in [1.54, 1.807) is 16.4 Å². The summed E-state index contributed by atoms with van der Waals surface area (Å²) >= 11 is 5.89. The molecule has 3 rings (SSSR count). The smallest absolute Gasteiger partial charge is 0.243 e. The number of hydrogen-bond acceptors (Lipinski definition) is 3. The van der Waals surface area contributed by atoms with Gasteiger partial charge in [0.25, 0.3) is 0 Å². The van der Waals surface area contributed by atoms with Gasteiger partial charge in [0.15, 0.2) is 0 Å². The van der Waals surface area contributed by atoms with Gasteiger partial charge in [-0.2, -0.15) is 4.31 Å². The molecule has 0 spiro atoms. The Morgan fingerprint density at radius 3 is 2.62 bits per heavy atom. The summed E-state index contributed by atoms with van der Waals surface area (Å²) in [7, 11) is -3.48. The van der Waals surface area contributed by atoms with Crippen LogP contribution in [0.15, 0.2) is 23.1 Å². The van der Waals surface area contributed by atoms with Crippen LogP contribution in [0.3, 0.4) is 0 Å². The molecule has 0 amide bonds. The standard InChI is InChI=1S/C15H21ClN2O2S/c16-13-8-7-12(10-14(13)17)21(19,20)18-9-3-5-11-4-1-2-6-15(11)18/h7-8,10-11,15H,1-6,9,17H2/t11-,15-/m1/s1. The summed E-state index contributed by atoms with van der Waals surface area (Å²) in [5, 5.41) is 0.392. The van der Waals surface area contributed by atoms with Crippen molar-refractivity contribution in [3.05, 3.63) is 23.2 Å². The molecule has 0 aromatic heterocycles. The van der Waals surface area contributed by atoms with E-state index in [2.05, 4.69) is 0 Å². The largest absolute Gasteiger partial charge is 0.397 e. The quantitative estimate of drug-likeness (QED) is 0.847. The molecule has 1 saturated carbocycles. The molecular weight excluding hydrogens is 308 g/mol. The van der Waals surface area contributed by atoms with Gasteiger partial charge in [0.05, 0.1) is 15.6 Å². The molecular formula is C15H21ClN2O2S. The maximum atomic E-state index is 12.9. The van der Waals surface area contributed by atoms with Gasteiger partial charge in [-0.25, -0.2) is 8.42 Å². The number of anilines is 1. The number of nitrogens with two attached hydrogens (primary N) is 1. The van der Waals surface area contributed by atoms with E-state index in [0.29, 0.717) is 23.2 Å². The first-order valence-electron chi connectivity index (χ1n) is 7.57. The predicted octanol–water partition coefficient (Wildman–Crippen LogP) is 3.27. The lowest BCUT2D eigenvalue weighted by Crippen LogP contribution is -2.49. The molecule has 1 saturated heterocycles. The van der Waals surface area contributed by atoms with E-state index in [0.717, 1.165) is 32.1 Å². The van der Waals surface area contributed by atoms with Crippen molar-refractivity contribution >= 4 is 27.3 Å². The van der Waals surface area contributed by atoms with E-state index < -0.39 is 10.0 Å². The summed E-state index contributed by atoms with van der Waals surface area (Å²) in [6.45, 7) is 0.617. The van der Waals surface area contributed by atoms with Crippen LogP contribution in [-0.4, -0.2) is 25.3 Å². The first-order valence-corrected chi connectivity index (χ1v) is 9.39. The fourth-order valence-corrected chi connectivity index (χ4v) is 5.60. The molecule has 1 aliphatic heterocycles. The molecule has 2 N–H and O–H groups in total. The van der Waals surface area contributed by atoms with E-state index in [4.69, 9.17) is 17.3 Å². The molecule has 0 unspecified atom stereocenters. The minimum atomic E-state index is -3.48.